The van der Waals surface area contributed by atoms with Crippen LogP contribution in [0.5, 0.6) is 5.75 Å². The van der Waals surface area contributed by atoms with Crippen LogP contribution < -0.4 is 4.74 Å². The number of benzene rings is 2. The van der Waals surface area contributed by atoms with Gasteiger partial charge in [0.25, 0.3) is 0 Å². The van der Waals surface area contributed by atoms with Crippen molar-refractivity contribution in [3.05, 3.63) is 59.4 Å². The van der Waals surface area contributed by atoms with Gasteiger partial charge in [-0.05, 0) is 35.7 Å². The molecule has 0 aliphatic carbocycles. The van der Waals surface area contributed by atoms with Gasteiger partial charge in [0.15, 0.2) is 0 Å². The van der Waals surface area contributed by atoms with E-state index in [2.05, 4.69) is 0 Å². The van der Waals surface area contributed by atoms with Gasteiger partial charge >= 0.3 is 0 Å². The summed E-state index contributed by atoms with van der Waals surface area (Å²) in [6.45, 7) is 3.91. The van der Waals surface area contributed by atoms with E-state index in [0.717, 1.165) is 9.87 Å². The molecule has 24 heavy (non-hydrogen) atoms. The number of sulfonamides is 1. The third-order valence-electron chi connectivity index (χ3n) is 3.88. The molecule has 4 nitrogen and oxygen atoms in total. The zero-order valence-corrected chi connectivity index (χ0v) is 15.1. The molecule has 0 heterocycles. The van der Waals surface area contributed by atoms with Gasteiger partial charge in [-0.15, -0.1) is 0 Å². The van der Waals surface area contributed by atoms with Crippen molar-refractivity contribution < 1.29 is 17.5 Å². The van der Waals surface area contributed by atoms with E-state index < -0.39 is 15.8 Å². The van der Waals surface area contributed by atoms with E-state index in [0.29, 0.717) is 11.3 Å². The second-order valence-corrected chi connectivity index (χ2v) is 7.96. The minimum Gasteiger partial charge on any atom is -0.496 e. The fourth-order valence-electron chi connectivity index (χ4n) is 2.46. The maximum Gasteiger partial charge on any atom is 0.243 e. The Balaban J connectivity index is 2.36. The quantitative estimate of drug-likeness (QED) is 0.796. The third kappa shape index (κ3) is 3.76. The van der Waals surface area contributed by atoms with Crippen LogP contribution in [0.4, 0.5) is 4.39 Å². The van der Waals surface area contributed by atoms with Crippen LogP contribution in [0.15, 0.2) is 47.4 Å². The molecule has 0 fully saturated rings. The first kappa shape index (κ1) is 18.4. The Labute approximate surface area is 142 Å². The van der Waals surface area contributed by atoms with Crippen LogP contribution in [-0.2, 0) is 16.6 Å². The van der Waals surface area contributed by atoms with E-state index in [1.54, 1.807) is 37.4 Å². The van der Waals surface area contributed by atoms with E-state index >= 15 is 0 Å². The van der Waals surface area contributed by atoms with E-state index in [9.17, 15) is 12.8 Å². The average molecular weight is 351 g/mol. The summed E-state index contributed by atoms with van der Waals surface area (Å²) in [5.41, 5.74) is 1.15. The molecule has 0 saturated carbocycles. The molecule has 0 unspecified atom stereocenters. The highest BCUT2D eigenvalue weighted by atomic mass is 32.2. The Bertz CT molecular complexity index is 819. The van der Waals surface area contributed by atoms with Gasteiger partial charge < -0.3 is 4.74 Å². The Morgan fingerprint density at radius 3 is 2.42 bits per heavy atom. The Kier molecular flexibility index (Phi) is 5.62. The van der Waals surface area contributed by atoms with Gasteiger partial charge in [-0.25, -0.2) is 12.8 Å². The molecule has 0 N–H and O–H groups in total. The van der Waals surface area contributed by atoms with Crippen molar-refractivity contribution in [3.63, 3.8) is 0 Å². The predicted molar refractivity (Wildman–Crippen MR) is 92.1 cm³/mol. The van der Waals surface area contributed by atoms with Crippen LogP contribution in [0.25, 0.3) is 0 Å². The summed E-state index contributed by atoms with van der Waals surface area (Å²) in [4.78, 5) is 0.172. The van der Waals surface area contributed by atoms with Crippen LogP contribution >= 0.6 is 0 Å². The number of ether oxygens (including phenoxy) is 1. The SMILES string of the molecule is COc1ccc(S(=O)(=O)N(C)Cc2ccccc2F)cc1C(C)C. The lowest BCUT2D eigenvalue weighted by Crippen LogP contribution is -2.27. The molecule has 2 aromatic rings. The largest absolute Gasteiger partial charge is 0.496 e. The van der Waals surface area contributed by atoms with Crippen LogP contribution in [-0.4, -0.2) is 26.9 Å². The maximum atomic E-state index is 13.8. The summed E-state index contributed by atoms with van der Waals surface area (Å²) >= 11 is 0. The zero-order valence-electron chi connectivity index (χ0n) is 14.3. The second-order valence-electron chi connectivity index (χ2n) is 5.91. The lowest BCUT2D eigenvalue weighted by molar-refractivity contribution is 0.406. The molecule has 0 atom stereocenters. The van der Waals surface area contributed by atoms with E-state index in [-0.39, 0.29) is 17.4 Å². The van der Waals surface area contributed by atoms with Gasteiger partial charge in [0.1, 0.15) is 11.6 Å². The van der Waals surface area contributed by atoms with Gasteiger partial charge in [0.05, 0.1) is 12.0 Å². The van der Waals surface area contributed by atoms with Crippen LogP contribution in [0.3, 0.4) is 0 Å². The molecular formula is C18H22FNO3S. The smallest absolute Gasteiger partial charge is 0.243 e. The fourth-order valence-corrected chi connectivity index (χ4v) is 3.64. The number of hydrogen-bond donors (Lipinski definition) is 0. The van der Waals surface area contributed by atoms with Gasteiger partial charge in [0, 0.05) is 19.2 Å². The first-order chi connectivity index (χ1) is 11.3. The topological polar surface area (TPSA) is 46.6 Å². The zero-order chi connectivity index (χ0) is 17.9. The number of rotatable bonds is 6. The maximum absolute atomic E-state index is 13.8. The number of methoxy groups -OCH3 is 1. The van der Waals surface area contributed by atoms with Crippen molar-refractivity contribution in [2.24, 2.45) is 0 Å². The molecule has 2 rings (SSSR count). The van der Waals surface area contributed by atoms with E-state index in [4.69, 9.17) is 4.74 Å². The van der Waals surface area contributed by atoms with Crippen molar-refractivity contribution >= 4 is 10.0 Å². The molecule has 0 aromatic heterocycles. The summed E-state index contributed by atoms with van der Waals surface area (Å²) in [7, 11) is -0.723. The molecule has 2 aromatic carbocycles. The first-order valence-electron chi connectivity index (χ1n) is 7.65. The summed E-state index contributed by atoms with van der Waals surface area (Å²) in [5, 5.41) is 0. The van der Waals surface area contributed by atoms with Crippen molar-refractivity contribution in [3.8, 4) is 5.75 Å². The summed E-state index contributed by atoms with van der Waals surface area (Å²) < 4.78 is 45.8. The van der Waals surface area contributed by atoms with Crippen molar-refractivity contribution in [2.75, 3.05) is 14.2 Å². The molecule has 130 valence electrons. The standard InChI is InChI=1S/C18H22FNO3S/c1-13(2)16-11-15(9-10-18(16)23-4)24(21,22)20(3)12-14-7-5-6-8-17(14)19/h5-11,13H,12H2,1-4H3. The fraction of sp³-hybridized carbons (Fsp3) is 0.333. The molecule has 0 radical (unpaired) electrons. The highest BCUT2D eigenvalue weighted by molar-refractivity contribution is 7.89. The highest BCUT2D eigenvalue weighted by Crippen LogP contribution is 2.30. The number of halogens is 1. The average Bonchev–Trinajstić information content (AvgIpc) is 2.56. The Hall–Kier alpha value is -1.92. The molecular weight excluding hydrogens is 329 g/mol. The second kappa shape index (κ2) is 7.32. The molecule has 0 saturated heterocycles. The van der Waals surface area contributed by atoms with Gasteiger partial charge in [-0.1, -0.05) is 32.0 Å². The van der Waals surface area contributed by atoms with Crippen molar-refractivity contribution in [1.82, 2.24) is 4.31 Å². The van der Waals surface area contributed by atoms with Gasteiger partial charge in [-0.3, -0.25) is 0 Å². The third-order valence-corrected chi connectivity index (χ3v) is 5.68. The van der Waals surface area contributed by atoms with E-state index in [1.165, 1.54) is 19.2 Å². The molecule has 0 aliphatic heterocycles. The number of nitrogens with zero attached hydrogens (tertiary/aromatic N) is 1. The van der Waals surface area contributed by atoms with Crippen LogP contribution in [0.1, 0.15) is 30.9 Å². The molecule has 0 spiro atoms. The molecule has 0 bridgehead atoms. The van der Waals surface area contributed by atoms with E-state index in [1.807, 2.05) is 13.8 Å². The minimum absolute atomic E-state index is 0.0297. The van der Waals surface area contributed by atoms with Crippen LogP contribution in [0.2, 0.25) is 0 Å². The van der Waals surface area contributed by atoms with Crippen LogP contribution in [0, 0.1) is 5.82 Å². The molecule has 6 heteroatoms. The predicted octanol–water partition coefficient (Wildman–Crippen LogP) is 3.78. The number of hydrogen-bond acceptors (Lipinski definition) is 3. The normalized spacial score (nSPS) is 12.0. The van der Waals surface area contributed by atoms with Crippen molar-refractivity contribution in [2.45, 2.75) is 31.2 Å². The Morgan fingerprint density at radius 2 is 1.83 bits per heavy atom. The van der Waals surface area contributed by atoms with Crippen molar-refractivity contribution in [1.29, 1.82) is 0 Å². The summed E-state index contributed by atoms with van der Waals surface area (Å²) in [6.07, 6.45) is 0. The minimum atomic E-state index is -3.72. The lowest BCUT2D eigenvalue weighted by atomic mass is 10.0. The first-order valence-corrected chi connectivity index (χ1v) is 9.09. The molecule has 0 amide bonds. The lowest BCUT2D eigenvalue weighted by Gasteiger charge is -2.19. The summed E-state index contributed by atoms with van der Waals surface area (Å²) in [6, 6.07) is 10.9. The molecule has 0 aliphatic rings. The van der Waals surface area contributed by atoms with Gasteiger partial charge in [0.2, 0.25) is 10.0 Å². The monoisotopic (exact) mass is 351 g/mol. The van der Waals surface area contributed by atoms with Gasteiger partial charge in [-0.2, -0.15) is 4.31 Å². The highest BCUT2D eigenvalue weighted by Gasteiger charge is 2.23. The Morgan fingerprint density at radius 1 is 1.17 bits per heavy atom. The summed E-state index contributed by atoms with van der Waals surface area (Å²) in [5.74, 6) is 0.352.